The standard InChI is InChI=1S/C22H29N5O3S2/c1-5-26(6-2)32(29,30)17-11-10-16(3)18(15-17)22(28)23-19(12-14-31-4)21-25-24-20-9-7-8-13-27(20)21/h7-11,13,15,19H,5-6,12,14H2,1-4H3,(H,23,28). The molecule has 0 aliphatic carbocycles. The average molecular weight is 476 g/mol. The lowest BCUT2D eigenvalue weighted by Crippen LogP contribution is -2.32. The number of hydrogen-bond donors (Lipinski definition) is 1. The molecule has 0 saturated heterocycles. The van der Waals surface area contributed by atoms with E-state index in [0.29, 0.717) is 42.1 Å². The van der Waals surface area contributed by atoms with Gasteiger partial charge in [0.15, 0.2) is 11.5 Å². The Morgan fingerprint density at radius 2 is 1.94 bits per heavy atom. The lowest BCUT2D eigenvalue weighted by atomic mass is 10.1. The quantitative estimate of drug-likeness (QED) is 0.483. The van der Waals surface area contributed by atoms with Crippen molar-refractivity contribution in [1.82, 2.24) is 24.2 Å². The van der Waals surface area contributed by atoms with Crippen LogP contribution in [-0.4, -0.2) is 58.3 Å². The molecule has 1 unspecified atom stereocenters. The number of sulfonamides is 1. The normalized spacial score (nSPS) is 12.9. The highest BCUT2D eigenvalue weighted by Gasteiger charge is 2.25. The Morgan fingerprint density at radius 1 is 1.19 bits per heavy atom. The number of nitrogens with zero attached hydrogens (tertiary/aromatic N) is 4. The van der Waals surface area contributed by atoms with Gasteiger partial charge >= 0.3 is 0 Å². The lowest BCUT2D eigenvalue weighted by molar-refractivity contribution is 0.0933. The number of amides is 1. The number of carbonyl (C=O) groups excluding carboxylic acids is 1. The number of fused-ring (bicyclic) bond motifs is 1. The number of carbonyl (C=O) groups is 1. The molecule has 3 aromatic rings. The first-order valence-electron chi connectivity index (χ1n) is 10.5. The summed E-state index contributed by atoms with van der Waals surface area (Å²) in [5.41, 5.74) is 1.74. The molecule has 1 amide bonds. The average Bonchev–Trinajstić information content (AvgIpc) is 3.21. The molecule has 3 rings (SSSR count). The maximum atomic E-state index is 13.3. The predicted molar refractivity (Wildman–Crippen MR) is 127 cm³/mol. The van der Waals surface area contributed by atoms with Gasteiger partial charge in [-0.3, -0.25) is 9.20 Å². The molecule has 0 spiro atoms. The molecule has 1 aromatic carbocycles. The Hall–Kier alpha value is -2.43. The van der Waals surface area contributed by atoms with Crippen molar-refractivity contribution in [3.05, 3.63) is 59.5 Å². The van der Waals surface area contributed by atoms with E-state index in [9.17, 15) is 13.2 Å². The number of pyridine rings is 1. The molecule has 0 saturated carbocycles. The molecule has 10 heteroatoms. The number of hydrogen-bond acceptors (Lipinski definition) is 6. The van der Waals surface area contributed by atoms with Crippen LogP contribution < -0.4 is 5.32 Å². The predicted octanol–water partition coefficient (Wildman–Crippen LogP) is 3.29. The van der Waals surface area contributed by atoms with E-state index >= 15 is 0 Å². The van der Waals surface area contributed by atoms with Crippen molar-refractivity contribution in [3.8, 4) is 0 Å². The fourth-order valence-electron chi connectivity index (χ4n) is 3.55. The molecule has 8 nitrogen and oxygen atoms in total. The van der Waals surface area contributed by atoms with Gasteiger partial charge in [0, 0.05) is 24.8 Å². The summed E-state index contributed by atoms with van der Waals surface area (Å²) >= 11 is 1.68. The Kier molecular flexibility index (Phi) is 7.91. The summed E-state index contributed by atoms with van der Waals surface area (Å²) in [6.07, 6.45) is 4.54. The highest BCUT2D eigenvalue weighted by Crippen LogP contribution is 2.22. The van der Waals surface area contributed by atoms with Crippen molar-refractivity contribution in [2.75, 3.05) is 25.1 Å². The fraction of sp³-hybridized carbons (Fsp3) is 0.409. The molecule has 0 fully saturated rings. The monoisotopic (exact) mass is 475 g/mol. The van der Waals surface area contributed by atoms with Gasteiger partial charge in [-0.1, -0.05) is 26.0 Å². The van der Waals surface area contributed by atoms with Crippen LogP contribution in [0.1, 0.15) is 48.1 Å². The smallest absolute Gasteiger partial charge is 0.252 e. The SMILES string of the molecule is CCN(CC)S(=O)(=O)c1ccc(C)c(C(=O)NC(CCSC)c2nnc3ccccn23)c1. The van der Waals surface area contributed by atoms with Crippen LogP contribution in [0, 0.1) is 6.92 Å². The van der Waals surface area contributed by atoms with Gasteiger partial charge < -0.3 is 5.32 Å². The van der Waals surface area contributed by atoms with Gasteiger partial charge in [-0.25, -0.2) is 8.42 Å². The molecule has 172 valence electrons. The maximum Gasteiger partial charge on any atom is 0.252 e. The Morgan fingerprint density at radius 3 is 2.62 bits per heavy atom. The van der Waals surface area contributed by atoms with Crippen LogP contribution >= 0.6 is 11.8 Å². The molecule has 0 aliphatic heterocycles. The van der Waals surface area contributed by atoms with E-state index in [1.54, 1.807) is 44.7 Å². The third-order valence-electron chi connectivity index (χ3n) is 5.36. The summed E-state index contributed by atoms with van der Waals surface area (Å²) in [5.74, 6) is 1.13. The van der Waals surface area contributed by atoms with E-state index in [2.05, 4.69) is 15.5 Å². The zero-order chi connectivity index (χ0) is 23.3. The number of nitrogens with one attached hydrogen (secondary N) is 1. The van der Waals surface area contributed by atoms with Crippen LogP contribution in [0.5, 0.6) is 0 Å². The van der Waals surface area contributed by atoms with Crippen LogP contribution in [0.4, 0.5) is 0 Å². The Bertz CT molecular complexity index is 1190. The minimum Gasteiger partial charge on any atom is -0.342 e. The minimum absolute atomic E-state index is 0.116. The number of aryl methyl sites for hydroxylation is 1. The first-order chi connectivity index (χ1) is 15.3. The maximum absolute atomic E-state index is 13.3. The second-order valence-electron chi connectivity index (χ2n) is 7.36. The van der Waals surface area contributed by atoms with Gasteiger partial charge in [0.05, 0.1) is 10.9 Å². The fourth-order valence-corrected chi connectivity index (χ4v) is 5.51. The van der Waals surface area contributed by atoms with Crippen LogP contribution in [0.25, 0.3) is 5.65 Å². The zero-order valence-corrected chi connectivity index (χ0v) is 20.4. The van der Waals surface area contributed by atoms with Crippen LogP contribution in [0.15, 0.2) is 47.5 Å². The van der Waals surface area contributed by atoms with E-state index in [0.717, 1.165) is 5.75 Å². The summed E-state index contributed by atoms with van der Waals surface area (Å²) < 4.78 is 29.1. The molecule has 0 bridgehead atoms. The molecule has 1 N–H and O–H groups in total. The number of rotatable bonds is 10. The molecule has 0 radical (unpaired) electrons. The topological polar surface area (TPSA) is 96.7 Å². The van der Waals surface area contributed by atoms with Crippen molar-refractivity contribution >= 4 is 33.3 Å². The summed E-state index contributed by atoms with van der Waals surface area (Å²) in [4.78, 5) is 13.4. The first kappa shape index (κ1) is 24.2. The third kappa shape index (κ3) is 4.97. The van der Waals surface area contributed by atoms with Crippen molar-refractivity contribution in [2.45, 2.75) is 38.1 Å². The van der Waals surface area contributed by atoms with Crippen molar-refractivity contribution in [1.29, 1.82) is 0 Å². The van der Waals surface area contributed by atoms with Crippen LogP contribution in [-0.2, 0) is 10.0 Å². The van der Waals surface area contributed by atoms with Gasteiger partial charge in [0.1, 0.15) is 0 Å². The van der Waals surface area contributed by atoms with Gasteiger partial charge in [0.25, 0.3) is 5.91 Å². The summed E-state index contributed by atoms with van der Waals surface area (Å²) in [6.45, 7) is 6.12. The number of benzene rings is 1. The Balaban J connectivity index is 1.94. The molecular formula is C22H29N5O3S2. The van der Waals surface area contributed by atoms with E-state index in [4.69, 9.17) is 0 Å². The number of thioether (sulfide) groups is 1. The summed E-state index contributed by atoms with van der Waals surface area (Å²) in [7, 11) is -3.67. The van der Waals surface area contributed by atoms with E-state index < -0.39 is 10.0 Å². The van der Waals surface area contributed by atoms with Gasteiger partial charge in [-0.05, 0) is 55.2 Å². The van der Waals surface area contributed by atoms with E-state index in [1.807, 2.05) is 35.1 Å². The van der Waals surface area contributed by atoms with E-state index in [1.165, 1.54) is 10.4 Å². The largest absolute Gasteiger partial charge is 0.342 e. The second-order valence-corrected chi connectivity index (χ2v) is 10.3. The summed E-state index contributed by atoms with van der Waals surface area (Å²) in [5, 5.41) is 11.6. The van der Waals surface area contributed by atoms with Crippen molar-refractivity contribution in [2.24, 2.45) is 0 Å². The lowest BCUT2D eigenvalue weighted by Gasteiger charge is -2.20. The van der Waals surface area contributed by atoms with Crippen LogP contribution in [0.3, 0.4) is 0 Å². The molecule has 2 heterocycles. The second kappa shape index (κ2) is 10.5. The molecule has 1 atom stereocenters. The number of aromatic nitrogens is 3. The molecule has 0 aliphatic rings. The van der Waals surface area contributed by atoms with Gasteiger partial charge in [-0.2, -0.15) is 16.1 Å². The highest BCUT2D eigenvalue weighted by atomic mass is 32.2. The van der Waals surface area contributed by atoms with Crippen molar-refractivity contribution < 1.29 is 13.2 Å². The Labute approximate surface area is 193 Å². The molecular weight excluding hydrogens is 446 g/mol. The van der Waals surface area contributed by atoms with E-state index in [-0.39, 0.29) is 16.8 Å². The van der Waals surface area contributed by atoms with Crippen molar-refractivity contribution in [3.63, 3.8) is 0 Å². The first-order valence-corrected chi connectivity index (χ1v) is 13.4. The third-order valence-corrected chi connectivity index (χ3v) is 8.05. The van der Waals surface area contributed by atoms with Crippen LogP contribution in [0.2, 0.25) is 0 Å². The van der Waals surface area contributed by atoms with Gasteiger partial charge in [-0.15, -0.1) is 10.2 Å². The highest BCUT2D eigenvalue weighted by molar-refractivity contribution is 7.98. The minimum atomic E-state index is -3.67. The molecule has 2 aromatic heterocycles. The molecule has 32 heavy (non-hydrogen) atoms. The zero-order valence-electron chi connectivity index (χ0n) is 18.8. The summed E-state index contributed by atoms with van der Waals surface area (Å²) in [6, 6.07) is 9.95. The van der Waals surface area contributed by atoms with Gasteiger partial charge in [0.2, 0.25) is 10.0 Å².